The number of nitrogens with zero attached hydrogens (tertiary/aromatic N) is 2. The van der Waals surface area contributed by atoms with Crippen LogP contribution in [0.4, 0.5) is 14.6 Å². The first-order valence-electron chi connectivity index (χ1n) is 11.6. The van der Waals surface area contributed by atoms with Crippen molar-refractivity contribution in [1.29, 1.82) is 0 Å². The number of pyridine rings is 1. The highest BCUT2D eigenvalue weighted by Gasteiger charge is 2.23. The summed E-state index contributed by atoms with van der Waals surface area (Å²) in [4.78, 5) is 9.79. The molecular weight excluding hydrogens is 448 g/mol. The number of allylic oxidation sites excluding steroid dienone is 1. The van der Waals surface area contributed by atoms with Gasteiger partial charge >= 0.3 is 6.61 Å². The van der Waals surface area contributed by atoms with E-state index in [1.54, 1.807) is 6.07 Å². The zero-order chi connectivity index (χ0) is 24.6. The zero-order valence-corrected chi connectivity index (χ0v) is 19.4. The van der Waals surface area contributed by atoms with Crippen LogP contribution in [-0.4, -0.2) is 30.5 Å². The summed E-state index contributed by atoms with van der Waals surface area (Å²) in [7, 11) is 0. The number of ether oxygens (including phenoxy) is 1. The van der Waals surface area contributed by atoms with Crippen LogP contribution in [0.25, 0.3) is 0 Å². The Kier molecular flexibility index (Phi) is 7.92. The van der Waals surface area contributed by atoms with Crippen molar-refractivity contribution in [2.75, 3.05) is 18.0 Å². The standard InChI is InChI=1S/C27H29F2N5O/c28-27(29)35-22-11-12-25(32-18-22)34-15-13-19(14-16-34)23(30)17-24(31)33-26(20-7-3-1-4-8-20)21-9-5-2-6-10-21/h1-12,17-19,26-27H,13-16,30H2,(H2,31,33)/p+1. The molecule has 1 fully saturated rings. The van der Waals surface area contributed by atoms with Crippen LogP contribution in [0.5, 0.6) is 5.75 Å². The number of rotatable bonds is 8. The number of nitrogens with one attached hydrogen (secondary N) is 1. The van der Waals surface area contributed by atoms with E-state index >= 15 is 0 Å². The van der Waals surface area contributed by atoms with Crippen molar-refractivity contribution in [2.45, 2.75) is 25.5 Å². The van der Waals surface area contributed by atoms with Gasteiger partial charge in [0.2, 0.25) is 0 Å². The quantitative estimate of drug-likeness (QED) is 0.342. The van der Waals surface area contributed by atoms with E-state index in [1.807, 2.05) is 42.5 Å². The van der Waals surface area contributed by atoms with Gasteiger partial charge in [0.15, 0.2) is 0 Å². The van der Waals surface area contributed by atoms with Gasteiger partial charge in [0.25, 0.3) is 5.84 Å². The molecule has 1 aliphatic rings. The number of hydrogen-bond donors (Lipinski definition) is 3. The summed E-state index contributed by atoms with van der Waals surface area (Å²) >= 11 is 0. The highest BCUT2D eigenvalue weighted by molar-refractivity contribution is 5.87. The molecule has 5 N–H and O–H groups in total. The van der Waals surface area contributed by atoms with Crippen LogP contribution in [0.2, 0.25) is 0 Å². The predicted molar refractivity (Wildman–Crippen MR) is 133 cm³/mol. The maximum atomic E-state index is 12.3. The Labute approximate surface area is 203 Å². The fourth-order valence-electron chi connectivity index (χ4n) is 4.33. The van der Waals surface area contributed by atoms with Gasteiger partial charge in [-0.2, -0.15) is 8.78 Å². The Bertz CT molecular complexity index is 1090. The molecule has 0 bridgehead atoms. The van der Waals surface area contributed by atoms with Crippen molar-refractivity contribution >= 4 is 11.7 Å². The first-order chi connectivity index (χ1) is 17.0. The average Bonchev–Trinajstić information content (AvgIpc) is 2.88. The molecule has 2 aromatic carbocycles. The Hall–Kier alpha value is -3.94. The number of nitrogens with two attached hydrogens (primary N) is 2. The third-order valence-corrected chi connectivity index (χ3v) is 6.14. The number of hydrogen-bond acceptors (Lipinski definition) is 4. The number of halogens is 2. The number of anilines is 1. The van der Waals surface area contributed by atoms with E-state index in [2.05, 4.69) is 43.9 Å². The first-order valence-corrected chi connectivity index (χ1v) is 11.6. The van der Waals surface area contributed by atoms with E-state index in [0.717, 1.165) is 48.6 Å². The summed E-state index contributed by atoms with van der Waals surface area (Å²) in [5, 5.41) is 0. The minimum Gasteiger partial charge on any atom is -0.433 e. The van der Waals surface area contributed by atoms with Crippen LogP contribution >= 0.6 is 0 Å². The van der Waals surface area contributed by atoms with Gasteiger partial charge in [-0.15, -0.1) is 0 Å². The van der Waals surface area contributed by atoms with E-state index in [4.69, 9.17) is 11.5 Å². The van der Waals surface area contributed by atoms with E-state index in [0.29, 0.717) is 5.84 Å². The molecule has 0 atom stereocenters. The van der Waals surface area contributed by atoms with Crippen molar-refractivity contribution in [3.63, 3.8) is 0 Å². The summed E-state index contributed by atoms with van der Waals surface area (Å²) in [6.45, 7) is -1.35. The van der Waals surface area contributed by atoms with E-state index < -0.39 is 6.61 Å². The normalized spacial score (nSPS) is 15.6. The van der Waals surface area contributed by atoms with Crippen LogP contribution in [0, 0.1) is 5.92 Å². The molecule has 2 heterocycles. The number of aromatic nitrogens is 1. The molecular formula is C27H30F2N5O+. The smallest absolute Gasteiger partial charge is 0.387 e. The van der Waals surface area contributed by atoms with E-state index in [9.17, 15) is 8.78 Å². The Morgan fingerprint density at radius 1 is 0.943 bits per heavy atom. The predicted octanol–water partition coefficient (Wildman–Crippen LogP) is 2.97. The lowest BCUT2D eigenvalue weighted by atomic mass is 9.93. The molecule has 8 heteroatoms. The second kappa shape index (κ2) is 11.5. The van der Waals surface area contributed by atoms with Gasteiger partial charge in [-0.1, -0.05) is 60.7 Å². The molecule has 4 rings (SSSR count). The van der Waals surface area contributed by atoms with Gasteiger partial charge in [-0.05, 0) is 25.0 Å². The van der Waals surface area contributed by atoms with Crippen molar-refractivity contribution in [3.05, 3.63) is 102 Å². The average molecular weight is 479 g/mol. The van der Waals surface area contributed by atoms with Crippen molar-refractivity contribution in [3.8, 4) is 5.75 Å². The number of alkyl halides is 2. The number of piperidine rings is 1. The molecule has 35 heavy (non-hydrogen) atoms. The fraction of sp³-hybridized carbons (Fsp3) is 0.259. The summed E-state index contributed by atoms with van der Waals surface area (Å²) in [5.74, 6) is 1.49. The van der Waals surface area contributed by atoms with Gasteiger partial charge in [0.1, 0.15) is 17.6 Å². The maximum absolute atomic E-state index is 12.3. The summed E-state index contributed by atoms with van der Waals surface area (Å²) in [6, 6.07) is 23.4. The number of amidine groups is 1. The lowest BCUT2D eigenvalue weighted by Gasteiger charge is -2.33. The van der Waals surface area contributed by atoms with Crippen LogP contribution in [0.1, 0.15) is 30.0 Å². The molecule has 0 saturated carbocycles. The minimum absolute atomic E-state index is 0.0497. The van der Waals surface area contributed by atoms with Crippen molar-refractivity contribution < 1.29 is 18.5 Å². The van der Waals surface area contributed by atoms with Crippen molar-refractivity contribution in [1.82, 2.24) is 4.98 Å². The fourth-order valence-corrected chi connectivity index (χ4v) is 4.33. The van der Waals surface area contributed by atoms with Gasteiger partial charge in [-0.25, -0.2) is 4.98 Å². The molecule has 1 aromatic heterocycles. The molecule has 0 aliphatic carbocycles. The SMILES string of the molecule is NC(=CC(N)=[NH+]C(c1ccccc1)c1ccccc1)C1CCN(c2ccc(OC(F)F)cn2)CC1. The Balaban J connectivity index is 1.41. The van der Waals surface area contributed by atoms with Gasteiger partial charge in [0.05, 0.1) is 6.20 Å². The molecule has 1 saturated heterocycles. The summed E-state index contributed by atoms with van der Waals surface area (Å²) < 4.78 is 29.0. The van der Waals surface area contributed by atoms with Gasteiger partial charge in [-0.3, -0.25) is 10.7 Å². The second-order valence-corrected chi connectivity index (χ2v) is 8.49. The maximum Gasteiger partial charge on any atom is 0.387 e. The van der Waals surface area contributed by atoms with E-state index in [-0.39, 0.29) is 17.7 Å². The molecule has 182 valence electrons. The van der Waals surface area contributed by atoms with Gasteiger partial charge in [0, 0.05) is 41.9 Å². The molecule has 0 unspecified atom stereocenters. The Morgan fingerprint density at radius 2 is 1.54 bits per heavy atom. The van der Waals surface area contributed by atoms with Crippen LogP contribution in [0.15, 0.2) is 90.8 Å². The minimum atomic E-state index is -2.86. The summed E-state index contributed by atoms with van der Waals surface area (Å²) in [5.41, 5.74) is 15.8. The van der Waals surface area contributed by atoms with Crippen molar-refractivity contribution in [2.24, 2.45) is 17.4 Å². The zero-order valence-electron chi connectivity index (χ0n) is 19.4. The third kappa shape index (κ3) is 6.56. The third-order valence-electron chi connectivity index (χ3n) is 6.14. The molecule has 0 radical (unpaired) electrons. The highest BCUT2D eigenvalue weighted by Crippen LogP contribution is 2.26. The lowest BCUT2D eigenvalue weighted by molar-refractivity contribution is -0.497. The monoisotopic (exact) mass is 478 g/mol. The topological polar surface area (TPSA) is 91.4 Å². The van der Waals surface area contributed by atoms with Crippen LogP contribution < -0.4 is 26.1 Å². The molecule has 6 nitrogen and oxygen atoms in total. The molecule has 1 aliphatic heterocycles. The first kappa shape index (κ1) is 24.2. The van der Waals surface area contributed by atoms with Gasteiger partial charge < -0.3 is 15.4 Å². The lowest BCUT2D eigenvalue weighted by Crippen LogP contribution is -2.76. The largest absolute Gasteiger partial charge is 0.433 e. The van der Waals surface area contributed by atoms with Crippen LogP contribution in [0.3, 0.4) is 0 Å². The number of benzene rings is 2. The second-order valence-electron chi connectivity index (χ2n) is 8.49. The molecule has 3 aromatic rings. The van der Waals surface area contributed by atoms with E-state index in [1.165, 1.54) is 12.3 Å². The highest BCUT2D eigenvalue weighted by atomic mass is 19.3. The Morgan fingerprint density at radius 3 is 2.06 bits per heavy atom. The van der Waals surface area contributed by atoms with Crippen LogP contribution in [-0.2, 0) is 0 Å². The molecule has 0 amide bonds. The molecule has 0 spiro atoms. The summed E-state index contributed by atoms with van der Waals surface area (Å²) in [6.07, 6.45) is 4.83.